The van der Waals surface area contributed by atoms with Crippen LogP contribution < -0.4 is 0 Å². The number of Topliss-reactive ketones (excluding diaryl/α,β-unsaturated/α-hetero) is 1. The van der Waals surface area contributed by atoms with Gasteiger partial charge in [-0.25, -0.2) is 0 Å². The molecule has 134 valence electrons. The molecule has 1 atom stereocenters. The standard InChI is InChI=1S/C20H18ClNO4/c1-12-2-4-13(5-3-12)17-16(19(25)20(26)22(17)10-11-23)18(24)14-6-8-15(21)9-7-14/h2-9,17,23-24H,10-11H2,1H3/t17-/m1/s1. The maximum Gasteiger partial charge on any atom is 0.295 e. The van der Waals surface area contributed by atoms with E-state index in [0.717, 1.165) is 5.56 Å². The van der Waals surface area contributed by atoms with Crippen LogP contribution in [0.4, 0.5) is 0 Å². The average molecular weight is 372 g/mol. The molecule has 0 spiro atoms. The summed E-state index contributed by atoms with van der Waals surface area (Å²) in [5.74, 6) is -1.76. The molecule has 1 amide bonds. The number of β-amino-alcohol motifs (C(OH)–C–C–N with tert-alkyl or cyclic N) is 1. The Balaban J connectivity index is 2.17. The van der Waals surface area contributed by atoms with Crippen LogP contribution in [0.5, 0.6) is 0 Å². The molecule has 0 aromatic heterocycles. The summed E-state index contributed by atoms with van der Waals surface area (Å²) in [5.41, 5.74) is 2.13. The van der Waals surface area contributed by atoms with E-state index in [1.807, 2.05) is 31.2 Å². The number of carbonyl (C=O) groups excluding carboxylic acids is 2. The van der Waals surface area contributed by atoms with Crippen molar-refractivity contribution in [3.8, 4) is 0 Å². The van der Waals surface area contributed by atoms with Crippen molar-refractivity contribution in [1.82, 2.24) is 4.90 Å². The topological polar surface area (TPSA) is 77.8 Å². The van der Waals surface area contributed by atoms with Crippen LogP contribution >= 0.6 is 11.6 Å². The van der Waals surface area contributed by atoms with Crippen LogP contribution in [0.15, 0.2) is 54.1 Å². The van der Waals surface area contributed by atoms with E-state index in [0.29, 0.717) is 16.1 Å². The molecule has 26 heavy (non-hydrogen) atoms. The van der Waals surface area contributed by atoms with Gasteiger partial charge in [0.15, 0.2) is 0 Å². The second-order valence-corrected chi connectivity index (χ2v) is 6.57. The predicted molar refractivity (Wildman–Crippen MR) is 98.7 cm³/mol. The van der Waals surface area contributed by atoms with Gasteiger partial charge in [0, 0.05) is 17.1 Å². The lowest BCUT2D eigenvalue weighted by molar-refractivity contribution is -0.140. The molecule has 1 aliphatic heterocycles. The molecule has 1 fully saturated rings. The van der Waals surface area contributed by atoms with Crippen LogP contribution in [0.25, 0.3) is 5.76 Å². The van der Waals surface area contributed by atoms with Crippen molar-refractivity contribution in [1.29, 1.82) is 0 Å². The zero-order valence-corrected chi connectivity index (χ0v) is 14.9. The van der Waals surface area contributed by atoms with Crippen molar-refractivity contribution in [2.45, 2.75) is 13.0 Å². The highest BCUT2D eigenvalue weighted by Gasteiger charge is 2.45. The molecule has 2 N–H and O–H groups in total. The molecule has 0 aliphatic carbocycles. The summed E-state index contributed by atoms with van der Waals surface area (Å²) in [4.78, 5) is 26.3. The first-order valence-electron chi connectivity index (χ1n) is 8.16. The van der Waals surface area contributed by atoms with Crippen molar-refractivity contribution in [2.75, 3.05) is 13.2 Å². The fourth-order valence-corrected chi connectivity index (χ4v) is 3.20. The zero-order valence-electron chi connectivity index (χ0n) is 14.1. The first-order valence-corrected chi connectivity index (χ1v) is 8.53. The summed E-state index contributed by atoms with van der Waals surface area (Å²) < 4.78 is 0. The zero-order chi connectivity index (χ0) is 18.8. The third-order valence-electron chi connectivity index (χ3n) is 4.39. The largest absolute Gasteiger partial charge is 0.507 e. The SMILES string of the molecule is Cc1ccc([C@@H]2C(=C(O)c3ccc(Cl)cc3)C(=O)C(=O)N2CCO)cc1. The Labute approximate surface area is 156 Å². The number of nitrogens with zero attached hydrogens (tertiary/aromatic N) is 1. The second-order valence-electron chi connectivity index (χ2n) is 6.13. The number of hydrogen-bond donors (Lipinski definition) is 2. The van der Waals surface area contributed by atoms with E-state index >= 15 is 0 Å². The van der Waals surface area contributed by atoms with Gasteiger partial charge in [-0.2, -0.15) is 0 Å². The van der Waals surface area contributed by atoms with Gasteiger partial charge in [-0.05, 0) is 36.8 Å². The van der Waals surface area contributed by atoms with Crippen LogP contribution in [0.3, 0.4) is 0 Å². The summed E-state index contributed by atoms with van der Waals surface area (Å²) in [6.07, 6.45) is 0. The van der Waals surface area contributed by atoms with E-state index in [1.165, 1.54) is 4.90 Å². The highest BCUT2D eigenvalue weighted by molar-refractivity contribution is 6.46. The van der Waals surface area contributed by atoms with Gasteiger partial charge in [-0.15, -0.1) is 0 Å². The van der Waals surface area contributed by atoms with Gasteiger partial charge in [0.2, 0.25) is 0 Å². The molecule has 2 aromatic carbocycles. The van der Waals surface area contributed by atoms with Gasteiger partial charge < -0.3 is 15.1 Å². The van der Waals surface area contributed by atoms with Gasteiger partial charge in [-0.3, -0.25) is 9.59 Å². The third kappa shape index (κ3) is 3.23. The molecule has 1 aliphatic rings. The van der Waals surface area contributed by atoms with Crippen molar-refractivity contribution in [3.05, 3.63) is 75.8 Å². The average Bonchev–Trinajstić information content (AvgIpc) is 2.88. The minimum Gasteiger partial charge on any atom is -0.507 e. The molecule has 2 aromatic rings. The molecular formula is C20H18ClNO4. The Morgan fingerprint density at radius 2 is 1.69 bits per heavy atom. The van der Waals surface area contributed by atoms with E-state index in [2.05, 4.69) is 0 Å². The molecule has 0 radical (unpaired) electrons. The number of aliphatic hydroxyl groups is 2. The summed E-state index contributed by atoms with van der Waals surface area (Å²) in [7, 11) is 0. The molecule has 5 nitrogen and oxygen atoms in total. The van der Waals surface area contributed by atoms with Crippen molar-refractivity contribution >= 4 is 29.1 Å². The normalized spacial score (nSPS) is 19.2. The van der Waals surface area contributed by atoms with Gasteiger partial charge in [0.25, 0.3) is 11.7 Å². The molecule has 0 saturated carbocycles. The number of ketones is 1. The molecule has 0 bridgehead atoms. The number of rotatable bonds is 4. The number of amides is 1. The summed E-state index contributed by atoms with van der Waals surface area (Å²) in [6.45, 7) is 1.65. The molecule has 0 unspecified atom stereocenters. The molecule has 3 rings (SSSR count). The number of halogens is 1. The van der Waals surface area contributed by atoms with Gasteiger partial charge >= 0.3 is 0 Å². The Morgan fingerprint density at radius 1 is 1.08 bits per heavy atom. The molecule has 6 heteroatoms. The Morgan fingerprint density at radius 3 is 2.27 bits per heavy atom. The maximum atomic E-state index is 12.6. The first-order chi connectivity index (χ1) is 12.4. The summed E-state index contributed by atoms with van der Waals surface area (Å²) >= 11 is 5.88. The monoisotopic (exact) mass is 371 g/mol. The van der Waals surface area contributed by atoms with E-state index in [-0.39, 0.29) is 24.5 Å². The number of likely N-dealkylation sites (tertiary alicyclic amines) is 1. The van der Waals surface area contributed by atoms with Gasteiger partial charge in [-0.1, -0.05) is 41.4 Å². The molecular weight excluding hydrogens is 354 g/mol. The van der Waals surface area contributed by atoms with Gasteiger partial charge in [0.05, 0.1) is 18.2 Å². The fourth-order valence-electron chi connectivity index (χ4n) is 3.08. The summed E-state index contributed by atoms with van der Waals surface area (Å²) in [5, 5.41) is 20.6. The fraction of sp³-hybridized carbons (Fsp3) is 0.200. The molecule has 1 saturated heterocycles. The minimum absolute atomic E-state index is 0.000510. The number of carbonyl (C=O) groups is 2. The van der Waals surface area contributed by atoms with Crippen molar-refractivity contribution in [3.63, 3.8) is 0 Å². The lowest BCUT2D eigenvalue weighted by Crippen LogP contribution is -2.32. The third-order valence-corrected chi connectivity index (χ3v) is 4.64. The predicted octanol–water partition coefficient (Wildman–Crippen LogP) is 3.06. The van der Waals surface area contributed by atoms with E-state index in [1.54, 1.807) is 24.3 Å². The van der Waals surface area contributed by atoms with Crippen LogP contribution in [0.1, 0.15) is 22.7 Å². The highest BCUT2D eigenvalue weighted by Crippen LogP contribution is 2.39. The van der Waals surface area contributed by atoms with Crippen molar-refractivity contribution < 1.29 is 19.8 Å². The molecule has 1 heterocycles. The Hall–Kier alpha value is -2.63. The van der Waals surface area contributed by atoms with Crippen LogP contribution in [-0.2, 0) is 9.59 Å². The first kappa shape index (κ1) is 18.2. The Kier molecular flexibility index (Phi) is 5.11. The number of hydrogen-bond acceptors (Lipinski definition) is 4. The van der Waals surface area contributed by atoms with E-state index in [9.17, 15) is 19.8 Å². The smallest absolute Gasteiger partial charge is 0.295 e. The van der Waals surface area contributed by atoms with Gasteiger partial charge in [0.1, 0.15) is 5.76 Å². The lowest BCUT2D eigenvalue weighted by Gasteiger charge is -2.24. The maximum absolute atomic E-state index is 12.6. The van der Waals surface area contributed by atoms with Crippen LogP contribution in [0.2, 0.25) is 5.02 Å². The summed E-state index contributed by atoms with van der Waals surface area (Å²) in [6, 6.07) is 13.0. The minimum atomic E-state index is -0.767. The number of aliphatic hydroxyl groups excluding tert-OH is 2. The quantitative estimate of drug-likeness (QED) is 0.492. The second kappa shape index (κ2) is 7.32. The van der Waals surface area contributed by atoms with E-state index < -0.39 is 17.7 Å². The lowest BCUT2D eigenvalue weighted by atomic mass is 9.95. The van der Waals surface area contributed by atoms with E-state index in [4.69, 9.17) is 11.6 Å². The highest BCUT2D eigenvalue weighted by atomic mass is 35.5. The van der Waals surface area contributed by atoms with Crippen LogP contribution in [0, 0.1) is 6.92 Å². The Bertz CT molecular complexity index is 872. The number of aryl methyl sites for hydroxylation is 1. The van der Waals surface area contributed by atoms with Crippen molar-refractivity contribution in [2.24, 2.45) is 0 Å². The number of benzene rings is 2. The van der Waals surface area contributed by atoms with Crippen LogP contribution in [-0.4, -0.2) is 40.0 Å².